The molecule has 0 aromatic carbocycles. The van der Waals surface area contributed by atoms with E-state index >= 15 is 0 Å². The molecule has 5 rings (SSSR count). The third-order valence-corrected chi connectivity index (χ3v) is 12.7. The van der Waals surface area contributed by atoms with Crippen LogP contribution in [0.1, 0.15) is 43.8 Å². The molecule has 3 fully saturated rings. The number of anilines is 1. The summed E-state index contributed by atoms with van der Waals surface area (Å²) in [5.74, 6) is 1.13. The van der Waals surface area contributed by atoms with Crippen LogP contribution >= 0.6 is 11.8 Å². The van der Waals surface area contributed by atoms with Gasteiger partial charge in [-0.2, -0.15) is 11.8 Å². The van der Waals surface area contributed by atoms with Crippen LogP contribution in [0.4, 0.5) is 10.6 Å². The van der Waals surface area contributed by atoms with Crippen molar-refractivity contribution in [1.82, 2.24) is 30.8 Å². The Labute approximate surface area is 419 Å². The van der Waals surface area contributed by atoms with Crippen molar-refractivity contribution in [2.45, 2.75) is 73.7 Å². The summed E-state index contributed by atoms with van der Waals surface area (Å²) in [5, 5.41) is 35.9. The van der Waals surface area contributed by atoms with Crippen LogP contribution in [-0.4, -0.2) is 244 Å². The molecule has 26 nitrogen and oxygen atoms in total. The summed E-state index contributed by atoms with van der Waals surface area (Å²) in [5.41, 5.74) is 6.42. The Balaban J connectivity index is 0.656. The maximum atomic E-state index is 12.2. The lowest BCUT2D eigenvalue weighted by atomic mass is 10.0. The van der Waals surface area contributed by atoms with E-state index < -0.39 is 30.7 Å². The molecular weight excluding hydrogens is 959 g/mol. The number of imidazole rings is 1. The predicted molar refractivity (Wildman–Crippen MR) is 256 cm³/mol. The monoisotopic (exact) mass is 1040 g/mol. The highest BCUT2D eigenvalue weighted by Crippen LogP contribution is 2.35. The number of urea groups is 1. The van der Waals surface area contributed by atoms with E-state index in [9.17, 15) is 24.6 Å². The van der Waals surface area contributed by atoms with Crippen molar-refractivity contribution in [3.63, 3.8) is 0 Å². The van der Waals surface area contributed by atoms with Crippen LogP contribution in [0.15, 0.2) is 11.3 Å². The molecule has 9 N–H and O–H groups in total. The molecule has 27 heteroatoms. The van der Waals surface area contributed by atoms with Crippen molar-refractivity contribution in [2.24, 2.45) is 10.7 Å². The van der Waals surface area contributed by atoms with Gasteiger partial charge in [-0.15, -0.1) is 0 Å². The summed E-state index contributed by atoms with van der Waals surface area (Å²) in [6.45, 7) is 9.03. The fraction of sp³-hybridized carbons (Fsp3) is 0.841. The fourth-order valence-electron chi connectivity index (χ4n) is 7.57. The number of rotatable bonds is 43. The number of nitrogens with zero attached hydrogens (tertiary/aromatic N) is 3. The molecule has 4 aliphatic heterocycles. The number of aromatic nitrogens is 2. The number of aliphatic hydroxyl groups excluding tert-OH is 2. The van der Waals surface area contributed by atoms with Gasteiger partial charge in [0.15, 0.2) is 6.23 Å². The molecule has 8 atom stereocenters. The standard InChI is InChI=1S/C44H77N9O17S/c45-41-38-42(49-30-48-41)53(31-50-38)43-40(57)39(56)33(70-43)27-69-28-36(55)47-6-8-60-10-12-62-14-16-64-18-20-66-22-24-68-26-25-67-23-21-65-19-17-63-15-13-61-11-9-59-7-5-46-35(54)4-2-1-3-34-37-32(29-71-34)51-44(58)52-37/h30-34,37,39-41,43,56-57H,1-29,45H2,(H,46,54)(H,47,55)(H,48,49)(H2,51,52,58)/t32-,33+,34-,37-,39+,40+,41?,43+/m0/s1. The van der Waals surface area contributed by atoms with Gasteiger partial charge in [-0.05, 0) is 12.8 Å². The second-order valence-electron chi connectivity index (χ2n) is 16.5. The van der Waals surface area contributed by atoms with Gasteiger partial charge in [0, 0.05) is 30.5 Å². The highest BCUT2D eigenvalue weighted by molar-refractivity contribution is 8.00. The molecular formula is C44H77N9O17S. The number of unbranched alkanes of at least 4 members (excludes halogenated alkanes) is 1. The van der Waals surface area contributed by atoms with Gasteiger partial charge >= 0.3 is 6.03 Å². The van der Waals surface area contributed by atoms with E-state index in [-0.39, 0.29) is 49.7 Å². The molecule has 0 spiro atoms. The second-order valence-corrected chi connectivity index (χ2v) is 17.8. The molecule has 0 bridgehead atoms. The van der Waals surface area contributed by atoms with Crippen LogP contribution in [0.2, 0.25) is 0 Å². The van der Waals surface area contributed by atoms with Crippen molar-refractivity contribution in [2.75, 3.05) is 170 Å². The average molecular weight is 1040 g/mol. The molecule has 0 saturated carbocycles. The van der Waals surface area contributed by atoms with Gasteiger partial charge in [0.1, 0.15) is 42.6 Å². The zero-order valence-corrected chi connectivity index (χ0v) is 41.4. The summed E-state index contributed by atoms with van der Waals surface area (Å²) in [7, 11) is 0. The Morgan fingerprint density at radius 3 is 1.75 bits per heavy atom. The van der Waals surface area contributed by atoms with E-state index in [4.69, 9.17) is 62.6 Å². The number of aliphatic imine (C=N–C) groups is 1. The van der Waals surface area contributed by atoms with Crippen LogP contribution in [0.5, 0.6) is 0 Å². The number of hydrogen-bond acceptors (Lipinski definition) is 22. The Hall–Kier alpha value is -3.36. The Morgan fingerprint density at radius 1 is 0.704 bits per heavy atom. The lowest BCUT2D eigenvalue weighted by Gasteiger charge is -2.21. The molecule has 4 aliphatic rings. The number of hydrogen-bond donors (Lipinski definition) is 8. The van der Waals surface area contributed by atoms with Crippen molar-refractivity contribution >= 4 is 41.8 Å². The van der Waals surface area contributed by atoms with Gasteiger partial charge in [-0.1, -0.05) is 6.42 Å². The first-order valence-corrected chi connectivity index (χ1v) is 25.6. The van der Waals surface area contributed by atoms with E-state index in [0.29, 0.717) is 162 Å². The molecule has 1 unspecified atom stereocenters. The van der Waals surface area contributed by atoms with Gasteiger partial charge < -0.3 is 99.4 Å². The zero-order valence-electron chi connectivity index (χ0n) is 40.6. The molecule has 0 aliphatic carbocycles. The third-order valence-electron chi connectivity index (χ3n) is 11.2. The number of ether oxygens (including phenoxy) is 12. The normalized spacial score (nSPS) is 23.3. The summed E-state index contributed by atoms with van der Waals surface area (Å²) < 4.78 is 67.8. The van der Waals surface area contributed by atoms with Crippen LogP contribution in [0.3, 0.4) is 0 Å². The average Bonchev–Trinajstić information content (AvgIpc) is 4.13. The molecule has 1 aromatic heterocycles. The van der Waals surface area contributed by atoms with E-state index in [0.717, 1.165) is 25.0 Å². The summed E-state index contributed by atoms with van der Waals surface area (Å²) in [6, 6.07) is 0.378. The molecule has 406 valence electrons. The van der Waals surface area contributed by atoms with Crippen LogP contribution in [-0.2, 0) is 66.4 Å². The highest BCUT2D eigenvalue weighted by Gasteiger charge is 2.45. The smallest absolute Gasteiger partial charge is 0.315 e. The minimum absolute atomic E-state index is 0.0323. The van der Waals surface area contributed by atoms with Crippen molar-refractivity contribution < 1.29 is 81.4 Å². The number of carbonyl (C=O) groups is 3. The van der Waals surface area contributed by atoms with Crippen molar-refractivity contribution in [1.29, 1.82) is 0 Å². The largest absolute Gasteiger partial charge is 0.387 e. The van der Waals surface area contributed by atoms with E-state index in [1.807, 2.05) is 11.8 Å². The molecule has 5 heterocycles. The fourth-order valence-corrected chi connectivity index (χ4v) is 9.11. The van der Waals surface area contributed by atoms with Gasteiger partial charge in [0.25, 0.3) is 0 Å². The van der Waals surface area contributed by atoms with Crippen LogP contribution < -0.4 is 32.3 Å². The minimum atomic E-state index is -1.25. The minimum Gasteiger partial charge on any atom is -0.387 e. The number of carbonyl (C=O) groups excluding carboxylic acids is 3. The quantitative estimate of drug-likeness (QED) is 0.0261. The number of thioether (sulfide) groups is 1. The lowest BCUT2D eigenvalue weighted by molar-refractivity contribution is -0.128. The first-order valence-electron chi connectivity index (χ1n) is 24.5. The molecule has 3 saturated heterocycles. The Kier molecular flexibility index (Phi) is 29.5. The van der Waals surface area contributed by atoms with Gasteiger partial charge in [0.2, 0.25) is 11.8 Å². The predicted octanol–water partition coefficient (Wildman–Crippen LogP) is -1.95. The second kappa shape index (κ2) is 35.7. The Morgan fingerprint density at radius 2 is 1.21 bits per heavy atom. The zero-order chi connectivity index (χ0) is 50.1. The van der Waals surface area contributed by atoms with E-state index in [2.05, 4.69) is 36.6 Å². The van der Waals surface area contributed by atoms with Gasteiger partial charge in [-0.3, -0.25) is 19.1 Å². The van der Waals surface area contributed by atoms with Crippen molar-refractivity contribution in [3.05, 3.63) is 12.0 Å². The first-order chi connectivity index (χ1) is 34.8. The number of amides is 4. The SMILES string of the molecule is NC1N=CNc2c1ncn2[C@@H]1O[C@H](COCC(=O)NCCOCCOCCOCCOCCOCCOCCOCCOCCOCCOCCNC(=O)CCCC[C@@H]2SC[C@@H]3NC(=O)N[C@@H]32)[C@@H](O)[C@H]1O. The van der Waals surface area contributed by atoms with Crippen LogP contribution in [0, 0.1) is 0 Å². The summed E-state index contributed by atoms with van der Waals surface area (Å²) >= 11 is 1.89. The molecule has 0 radical (unpaired) electrons. The number of nitrogens with two attached hydrogens (primary N) is 1. The molecule has 4 amide bonds. The number of fused-ring (bicyclic) bond motifs is 2. The maximum Gasteiger partial charge on any atom is 0.315 e. The highest BCUT2D eigenvalue weighted by atomic mass is 32.2. The molecule has 1 aromatic rings. The van der Waals surface area contributed by atoms with E-state index in [1.54, 1.807) is 0 Å². The number of nitrogens with one attached hydrogen (secondary N) is 5. The topological polar surface area (TPSA) is 319 Å². The summed E-state index contributed by atoms with van der Waals surface area (Å²) in [4.78, 5) is 44.0. The Bertz CT molecular complexity index is 1660. The van der Waals surface area contributed by atoms with Gasteiger partial charge in [-0.25, -0.2) is 9.78 Å². The first kappa shape index (κ1) is 58.5. The van der Waals surface area contributed by atoms with Crippen molar-refractivity contribution in [3.8, 4) is 0 Å². The van der Waals surface area contributed by atoms with Crippen LogP contribution in [0.25, 0.3) is 0 Å². The molecule has 71 heavy (non-hydrogen) atoms. The van der Waals surface area contributed by atoms with E-state index in [1.165, 1.54) is 17.2 Å². The summed E-state index contributed by atoms with van der Waals surface area (Å²) in [6.07, 6.45) is 1.24. The maximum absolute atomic E-state index is 12.2. The third kappa shape index (κ3) is 22.7. The van der Waals surface area contributed by atoms with Gasteiger partial charge in [0.05, 0.1) is 163 Å². The lowest BCUT2D eigenvalue weighted by Crippen LogP contribution is -2.36. The number of aliphatic hydroxyl groups is 2.